The fourth-order valence-corrected chi connectivity index (χ4v) is 2.45. The third-order valence-electron chi connectivity index (χ3n) is 4.27. The zero-order valence-corrected chi connectivity index (χ0v) is 12.4. The highest BCUT2D eigenvalue weighted by atomic mass is 14.9. The molecule has 0 fully saturated rings. The molecular formula is C17H24N2. The second kappa shape index (κ2) is 5.70. The third-order valence-corrected chi connectivity index (χ3v) is 4.27. The topological polar surface area (TPSA) is 24.9 Å². The van der Waals surface area contributed by atoms with E-state index in [1.165, 1.54) is 11.1 Å². The molecule has 0 aliphatic carbocycles. The molecule has 2 nitrogen and oxygen atoms in total. The van der Waals surface area contributed by atoms with E-state index < -0.39 is 0 Å². The summed E-state index contributed by atoms with van der Waals surface area (Å²) in [6.45, 7) is 6.88. The van der Waals surface area contributed by atoms with E-state index in [1.54, 1.807) is 0 Å². The lowest BCUT2D eigenvalue weighted by Gasteiger charge is -2.33. The molecule has 0 aliphatic heterocycles. The van der Waals surface area contributed by atoms with E-state index in [1.807, 2.05) is 13.1 Å². The van der Waals surface area contributed by atoms with Gasteiger partial charge in [-0.25, -0.2) is 0 Å². The first kappa shape index (κ1) is 14.0. The number of benzene rings is 1. The standard InChI is InChI=1S/C17H24N2/c1-5-17(2,3)16(18-4)12-14-11-10-13-8-6-7-9-15(13)19-14/h6-11,16,18H,5,12H2,1-4H3. The maximum absolute atomic E-state index is 4.77. The Bertz CT molecular complexity index is 546. The molecule has 2 aromatic rings. The number of aromatic nitrogens is 1. The van der Waals surface area contributed by atoms with Gasteiger partial charge in [0.2, 0.25) is 0 Å². The first-order valence-corrected chi connectivity index (χ1v) is 7.09. The molecule has 1 unspecified atom stereocenters. The van der Waals surface area contributed by atoms with Crippen molar-refractivity contribution < 1.29 is 0 Å². The summed E-state index contributed by atoms with van der Waals surface area (Å²) >= 11 is 0. The molecule has 1 aromatic carbocycles. The van der Waals surface area contributed by atoms with Crippen molar-refractivity contribution in [1.29, 1.82) is 0 Å². The molecular weight excluding hydrogens is 232 g/mol. The number of rotatable bonds is 5. The summed E-state index contributed by atoms with van der Waals surface area (Å²) in [5.74, 6) is 0. The van der Waals surface area contributed by atoms with Gasteiger partial charge in [-0.3, -0.25) is 4.98 Å². The number of pyridine rings is 1. The first-order valence-electron chi connectivity index (χ1n) is 7.09. The molecule has 1 N–H and O–H groups in total. The molecule has 2 rings (SSSR count). The Balaban J connectivity index is 2.24. The number of hydrogen-bond acceptors (Lipinski definition) is 2. The van der Waals surface area contributed by atoms with Gasteiger partial charge in [0, 0.05) is 23.5 Å². The van der Waals surface area contributed by atoms with Crippen molar-refractivity contribution in [3.05, 3.63) is 42.1 Å². The van der Waals surface area contributed by atoms with Crippen LogP contribution in [-0.4, -0.2) is 18.1 Å². The average Bonchev–Trinajstić information content (AvgIpc) is 2.44. The van der Waals surface area contributed by atoms with E-state index in [4.69, 9.17) is 4.98 Å². The summed E-state index contributed by atoms with van der Waals surface area (Å²) in [7, 11) is 2.04. The molecule has 0 saturated carbocycles. The molecule has 1 atom stereocenters. The number of likely N-dealkylation sites (N-methyl/N-ethyl adjacent to an activating group) is 1. The lowest BCUT2D eigenvalue weighted by Crippen LogP contribution is -2.41. The molecule has 0 saturated heterocycles. The van der Waals surface area contributed by atoms with Crippen molar-refractivity contribution in [3.8, 4) is 0 Å². The zero-order chi connectivity index (χ0) is 13.9. The van der Waals surface area contributed by atoms with Crippen LogP contribution in [-0.2, 0) is 6.42 Å². The minimum absolute atomic E-state index is 0.280. The Morgan fingerprint density at radius 2 is 1.89 bits per heavy atom. The van der Waals surface area contributed by atoms with Crippen LogP contribution in [0.3, 0.4) is 0 Å². The number of hydrogen-bond donors (Lipinski definition) is 1. The highest BCUT2D eigenvalue weighted by molar-refractivity contribution is 5.78. The molecule has 0 aliphatic rings. The van der Waals surface area contributed by atoms with Crippen LogP contribution in [0.25, 0.3) is 10.9 Å². The van der Waals surface area contributed by atoms with Gasteiger partial charge in [0.25, 0.3) is 0 Å². The summed E-state index contributed by atoms with van der Waals surface area (Å²) in [6.07, 6.45) is 2.13. The quantitative estimate of drug-likeness (QED) is 0.880. The van der Waals surface area contributed by atoms with Crippen LogP contribution in [0.1, 0.15) is 32.9 Å². The summed E-state index contributed by atoms with van der Waals surface area (Å²) in [6, 6.07) is 13.1. The minimum Gasteiger partial charge on any atom is -0.316 e. The Morgan fingerprint density at radius 3 is 2.58 bits per heavy atom. The highest BCUT2D eigenvalue weighted by Crippen LogP contribution is 2.27. The van der Waals surface area contributed by atoms with Gasteiger partial charge in [-0.1, -0.05) is 45.0 Å². The van der Waals surface area contributed by atoms with Gasteiger partial charge in [0.1, 0.15) is 0 Å². The summed E-state index contributed by atoms with van der Waals surface area (Å²) in [5, 5.41) is 4.66. The zero-order valence-electron chi connectivity index (χ0n) is 12.4. The Morgan fingerprint density at radius 1 is 1.16 bits per heavy atom. The second-order valence-electron chi connectivity index (χ2n) is 5.88. The van der Waals surface area contributed by atoms with Crippen LogP contribution in [0.5, 0.6) is 0 Å². The molecule has 1 heterocycles. The van der Waals surface area contributed by atoms with Crippen LogP contribution in [0.15, 0.2) is 36.4 Å². The second-order valence-corrected chi connectivity index (χ2v) is 5.88. The minimum atomic E-state index is 0.280. The molecule has 19 heavy (non-hydrogen) atoms. The van der Waals surface area contributed by atoms with Gasteiger partial charge in [0.15, 0.2) is 0 Å². The van der Waals surface area contributed by atoms with Gasteiger partial charge >= 0.3 is 0 Å². The van der Waals surface area contributed by atoms with Gasteiger partial charge in [-0.2, -0.15) is 0 Å². The van der Waals surface area contributed by atoms with Crippen LogP contribution in [0.2, 0.25) is 0 Å². The fourth-order valence-electron chi connectivity index (χ4n) is 2.45. The number of nitrogens with zero attached hydrogens (tertiary/aromatic N) is 1. The lowest BCUT2D eigenvalue weighted by atomic mass is 9.79. The summed E-state index contributed by atoms with van der Waals surface area (Å²) in [5.41, 5.74) is 2.53. The van der Waals surface area contributed by atoms with E-state index in [-0.39, 0.29) is 5.41 Å². The Labute approximate surface area is 116 Å². The van der Waals surface area contributed by atoms with Gasteiger partial charge in [0.05, 0.1) is 5.52 Å². The molecule has 2 heteroatoms. The Hall–Kier alpha value is -1.41. The maximum atomic E-state index is 4.77. The summed E-state index contributed by atoms with van der Waals surface area (Å²) in [4.78, 5) is 4.77. The van der Waals surface area contributed by atoms with Crippen molar-refractivity contribution >= 4 is 10.9 Å². The van der Waals surface area contributed by atoms with Crippen molar-refractivity contribution in [2.45, 2.75) is 39.7 Å². The molecule has 102 valence electrons. The van der Waals surface area contributed by atoms with Gasteiger partial charge in [-0.15, -0.1) is 0 Å². The van der Waals surface area contributed by atoms with Crippen molar-refractivity contribution in [2.75, 3.05) is 7.05 Å². The summed E-state index contributed by atoms with van der Waals surface area (Å²) < 4.78 is 0. The number of para-hydroxylation sites is 1. The van der Waals surface area contributed by atoms with Gasteiger partial charge < -0.3 is 5.32 Å². The van der Waals surface area contributed by atoms with Crippen molar-refractivity contribution in [1.82, 2.24) is 10.3 Å². The van der Waals surface area contributed by atoms with E-state index >= 15 is 0 Å². The van der Waals surface area contributed by atoms with Crippen LogP contribution in [0.4, 0.5) is 0 Å². The van der Waals surface area contributed by atoms with E-state index in [0.29, 0.717) is 6.04 Å². The van der Waals surface area contributed by atoms with Crippen LogP contribution >= 0.6 is 0 Å². The lowest BCUT2D eigenvalue weighted by molar-refractivity contribution is 0.239. The molecule has 0 bridgehead atoms. The van der Waals surface area contributed by atoms with Crippen molar-refractivity contribution in [3.63, 3.8) is 0 Å². The largest absolute Gasteiger partial charge is 0.316 e. The molecule has 1 aromatic heterocycles. The normalized spacial score (nSPS) is 13.7. The van der Waals surface area contributed by atoms with Crippen molar-refractivity contribution in [2.24, 2.45) is 5.41 Å². The fraction of sp³-hybridized carbons (Fsp3) is 0.471. The molecule has 0 radical (unpaired) electrons. The predicted molar refractivity (Wildman–Crippen MR) is 82.4 cm³/mol. The van der Waals surface area contributed by atoms with Crippen LogP contribution in [0, 0.1) is 5.41 Å². The highest BCUT2D eigenvalue weighted by Gasteiger charge is 2.26. The molecule has 0 spiro atoms. The average molecular weight is 256 g/mol. The van der Waals surface area contributed by atoms with Crippen LogP contribution < -0.4 is 5.32 Å². The van der Waals surface area contributed by atoms with Gasteiger partial charge in [-0.05, 0) is 31.0 Å². The number of nitrogens with one attached hydrogen (secondary N) is 1. The SMILES string of the molecule is CCC(C)(C)C(Cc1ccc2ccccc2n1)NC. The smallest absolute Gasteiger partial charge is 0.0705 e. The van der Waals surface area contributed by atoms with E-state index in [0.717, 1.165) is 18.4 Å². The predicted octanol–water partition coefficient (Wildman–Crippen LogP) is 3.80. The van der Waals surface area contributed by atoms with E-state index in [9.17, 15) is 0 Å². The third kappa shape index (κ3) is 3.13. The first-order chi connectivity index (χ1) is 9.06. The monoisotopic (exact) mass is 256 g/mol. The maximum Gasteiger partial charge on any atom is 0.0705 e. The van der Waals surface area contributed by atoms with E-state index in [2.05, 4.69) is 56.4 Å². The Kier molecular flexibility index (Phi) is 4.20. The molecule has 0 amide bonds. The number of fused-ring (bicyclic) bond motifs is 1.